The van der Waals surface area contributed by atoms with Crippen LogP contribution < -0.4 is 5.32 Å². The second-order valence-corrected chi connectivity index (χ2v) is 6.41. The van der Waals surface area contributed by atoms with Crippen molar-refractivity contribution in [3.8, 4) is 0 Å². The lowest BCUT2D eigenvalue weighted by molar-refractivity contribution is 0.156. The van der Waals surface area contributed by atoms with Crippen molar-refractivity contribution in [2.75, 3.05) is 19.7 Å². The molecule has 0 atom stereocenters. The lowest BCUT2D eigenvalue weighted by atomic mass is 9.81. The first-order valence-corrected chi connectivity index (χ1v) is 6.85. The van der Waals surface area contributed by atoms with Gasteiger partial charge in [0.15, 0.2) is 0 Å². The van der Waals surface area contributed by atoms with Crippen molar-refractivity contribution >= 4 is 0 Å². The van der Waals surface area contributed by atoms with Gasteiger partial charge in [-0.1, -0.05) is 46.5 Å². The van der Waals surface area contributed by atoms with Crippen LogP contribution in [0, 0.1) is 17.3 Å². The summed E-state index contributed by atoms with van der Waals surface area (Å²) in [6, 6.07) is 0. The topological polar surface area (TPSA) is 32.3 Å². The van der Waals surface area contributed by atoms with E-state index >= 15 is 0 Å². The fourth-order valence-electron chi connectivity index (χ4n) is 2.41. The van der Waals surface area contributed by atoms with Gasteiger partial charge < -0.3 is 10.4 Å². The van der Waals surface area contributed by atoms with E-state index in [1.807, 2.05) is 0 Å². The Morgan fingerprint density at radius 2 is 1.81 bits per heavy atom. The van der Waals surface area contributed by atoms with Gasteiger partial charge in [0.2, 0.25) is 0 Å². The van der Waals surface area contributed by atoms with E-state index in [9.17, 15) is 0 Å². The Bertz CT molecular complexity index is 183. The molecule has 1 aliphatic rings. The maximum Gasteiger partial charge on any atom is 0.0494 e. The van der Waals surface area contributed by atoms with Crippen LogP contribution in [0.1, 0.15) is 52.9 Å². The molecular weight excluding hydrogens is 198 g/mol. The van der Waals surface area contributed by atoms with Crippen molar-refractivity contribution in [2.45, 2.75) is 52.9 Å². The summed E-state index contributed by atoms with van der Waals surface area (Å²) in [4.78, 5) is 0. The van der Waals surface area contributed by atoms with Crippen molar-refractivity contribution in [2.24, 2.45) is 17.3 Å². The van der Waals surface area contributed by atoms with Gasteiger partial charge in [-0.3, -0.25) is 0 Å². The minimum atomic E-state index is 0.0288. The molecule has 0 unspecified atom stereocenters. The molecule has 2 heteroatoms. The van der Waals surface area contributed by atoms with Gasteiger partial charge in [0, 0.05) is 18.6 Å². The van der Waals surface area contributed by atoms with Crippen LogP contribution in [0.3, 0.4) is 0 Å². The molecule has 0 heterocycles. The fourth-order valence-corrected chi connectivity index (χ4v) is 2.41. The lowest BCUT2D eigenvalue weighted by Gasteiger charge is -2.27. The Kier molecular flexibility index (Phi) is 5.77. The predicted octanol–water partition coefficient (Wildman–Crippen LogP) is 2.81. The molecule has 1 rings (SSSR count). The van der Waals surface area contributed by atoms with E-state index in [0.717, 1.165) is 24.9 Å². The molecule has 1 saturated carbocycles. The van der Waals surface area contributed by atoms with Gasteiger partial charge in [-0.05, 0) is 24.8 Å². The summed E-state index contributed by atoms with van der Waals surface area (Å²) >= 11 is 0. The normalized spacial score (nSPS) is 27.0. The smallest absolute Gasteiger partial charge is 0.0494 e. The first-order chi connectivity index (χ1) is 7.53. The van der Waals surface area contributed by atoms with Gasteiger partial charge in [0.25, 0.3) is 0 Å². The van der Waals surface area contributed by atoms with Crippen molar-refractivity contribution < 1.29 is 5.11 Å². The first-order valence-electron chi connectivity index (χ1n) is 6.85. The third-order valence-corrected chi connectivity index (χ3v) is 3.90. The van der Waals surface area contributed by atoms with Gasteiger partial charge in [-0.2, -0.15) is 0 Å². The summed E-state index contributed by atoms with van der Waals surface area (Å²) in [5.74, 6) is 1.90. The van der Waals surface area contributed by atoms with Gasteiger partial charge in [-0.25, -0.2) is 0 Å². The molecular formula is C14H29NO. The Balaban J connectivity index is 2.03. The zero-order valence-corrected chi connectivity index (χ0v) is 11.3. The minimum Gasteiger partial charge on any atom is -0.396 e. The largest absolute Gasteiger partial charge is 0.396 e. The van der Waals surface area contributed by atoms with E-state index in [0.29, 0.717) is 0 Å². The van der Waals surface area contributed by atoms with Crippen molar-refractivity contribution in [3.05, 3.63) is 0 Å². The average Bonchev–Trinajstić information content (AvgIpc) is 2.27. The highest BCUT2D eigenvalue weighted by Gasteiger charge is 2.19. The number of hydrogen-bond acceptors (Lipinski definition) is 2. The van der Waals surface area contributed by atoms with Gasteiger partial charge in [-0.15, -0.1) is 0 Å². The molecule has 2 N–H and O–H groups in total. The Morgan fingerprint density at radius 1 is 1.19 bits per heavy atom. The zero-order chi connectivity index (χ0) is 12.0. The molecule has 0 amide bonds. The summed E-state index contributed by atoms with van der Waals surface area (Å²) in [6.45, 7) is 8.87. The van der Waals surface area contributed by atoms with Crippen LogP contribution in [-0.4, -0.2) is 24.8 Å². The molecule has 0 aliphatic heterocycles. The molecule has 0 saturated heterocycles. The first kappa shape index (κ1) is 14.0. The van der Waals surface area contributed by atoms with Crippen LogP contribution in [0.25, 0.3) is 0 Å². The number of aliphatic hydroxyl groups is 1. The van der Waals surface area contributed by atoms with Gasteiger partial charge >= 0.3 is 0 Å². The molecule has 0 bridgehead atoms. The quantitative estimate of drug-likeness (QED) is 0.684. The third-order valence-electron chi connectivity index (χ3n) is 3.90. The lowest BCUT2D eigenvalue weighted by Crippen LogP contribution is -2.33. The molecule has 0 aromatic carbocycles. The maximum atomic E-state index is 9.13. The molecule has 2 nitrogen and oxygen atoms in total. The van der Waals surface area contributed by atoms with Crippen molar-refractivity contribution in [1.82, 2.24) is 5.32 Å². The minimum absolute atomic E-state index is 0.0288. The van der Waals surface area contributed by atoms with E-state index in [-0.39, 0.29) is 12.0 Å². The maximum absolute atomic E-state index is 9.13. The summed E-state index contributed by atoms with van der Waals surface area (Å²) in [5, 5.41) is 12.6. The second kappa shape index (κ2) is 6.61. The molecule has 16 heavy (non-hydrogen) atoms. The van der Waals surface area contributed by atoms with Crippen LogP contribution in [-0.2, 0) is 0 Å². The highest BCUT2D eigenvalue weighted by Crippen LogP contribution is 2.29. The number of rotatable bonds is 6. The summed E-state index contributed by atoms with van der Waals surface area (Å²) in [7, 11) is 0. The van der Waals surface area contributed by atoms with Crippen LogP contribution in [0.2, 0.25) is 0 Å². The summed E-state index contributed by atoms with van der Waals surface area (Å²) in [5.41, 5.74) is 0.0288. The Labute approximate surface area is 101 Å². The van der Waals surface area contributed by atoms with Crippen LogP contribution in [0.4, 0.5) is 0 Å². The Morgan fingerprint density at radius 3 is 2.38 bits per heavy atom. The van der Waals surface area contributed by atoms with E-state index in [1.165, 1.54) is 32.1 Å². The molecule has 0 aromatic heterocycles. The number of hydrogen-bond donors (Lipinski definition) is 2. The zero-order valence-electron chi connectivity index (χ0n) is 11.3. The van der Waals surface area contributed by atoms with Crippen molar-refractivity contribution in [3.63, 3.8) is 0 Å². The van der Waals surface area contributed by atoms with E-state index in [2.05, 4.69) is 26.1 Å². The SMILES string of the molecule is CC1CCC(CCNCC(C)(C)CO)CC1. The molecule has 0 spiro atoms. The highest BCUT2D eigenvalue weighted by atomic mass is 16.3. The van der Waals surface area contributed by atoms with Crippen LogP contribution in [0.15, 0.2) is 0 Å². The van der Waals surface area contributed by atoms with Crippen LogP contribution >= 0.6 is 0 Å². The van der Waals surface area contributed by atoms with E-state index < -0.39 is 0 Å². The molecule has 96 valence electrons. The van der Waals surface area contributed by atoms with Gasteiger partial charge in [0.05, 0.1) is 0 Å². The summed E-state index contributed by atoms with van der Waals surface area (Å²) in [6.07, 6.45) is 7.01. The van der Waals surface area contributed by atoms with Crippen LogP contribution in [0.5, 0.6) is 0 Å². The van der Waals surface area contributed by atoms with E-state index in [4.69, 9.17) is 5.11 Å². The van der Waals surface area contributed by atoms with Crippen molar-refractivity contribution in [1.29, 1.82) is 0 Å². The third kappa shape index (κ3) is 5.31. The standard InChI is InChI=1S/C14H29NO/c1-12-4-6-13(7-5-12)8-9-15-10-14(2,3)11-16/h12-13,15-16H,4-11H2,1-3H3. The monoisotopic (exact) mass is 227 g/mol. The molecule has 1 aliphatic carbocycles. The van der Waals surface area contributed by atoms with E-state index in [1.54, 1.807) is 0 Å². The summed E-state index contributed by atoms with van der Waals surface area (Å²) < 4.78 is 0. The molecule has 0 aromatic rings. The fraction of sp³-hybridized carbons (Fsp3) is 1.00. The predicted molar refractivity (Wildman–Crippen MR) is 69.5 cm³/mol. The average molecular weight is 227 g/mol. The Hall–Kier alpha value is -0.0800. The second-order valence-electron chi connectivity index (χ2n) is 6.41. The van der Waals surface area contributed by atoms with Gasteiger partial charge in [0.1, 0.15) is 0 Å². The highest BCUT2D eigenvalue weighted by molar-refractivity contribution is 4.73. The molecule has 0 radical (unpaired) electrons. The number of nitrogens with one attached hydrogen (secondary N) is 1. The molecule has 1 fully saturated rings. The number of aliphatic hydroxyl groups excluding tert-OH is 1.